The molecule has 0 unspecified atom stereocenters. The Labute approximate surface area is 364 Å². The molecule has 0 N–H and O–H groups in total. The Bertz CT molecular complexity index is 2420. The van der Waals surface area contributed by atoms with Gasteiger partial charge >= 0.3 is 0 Å². The number of rotatable bonds is 18. The maximum atomic E-state index is 11.7. The van der Waals surface area contributed by atoms with Gasteiger partial charge in [0.1, 0.15) is 35.4 Å². The quantitative estimate of drug-likeness (QED) is 0.0465. The van der Waals surface area contributed by atoms with Gasteiger partial charge in [-0.05, 0) is 52.1 Å². The molecule has 8 rings (SSSR count). The number of nitrogens with zero attached hydrogens (tertiary/aromatic N) is 2. The van der Waals surface area contributed by atoms with Crippen LogP contribution in [0.25, 0.3) is 0 Å². The predicted octanol–water partition coefficient (Wildman–Crippen LogP) is 10.2. The van der Waals surface area contributed by atoms with E-state index in [1.807, 2.05) is 152 Å². The van der Waals surface area contributed by atoms with Gasteiger partial charge in [-0.3, -0.25) is 20.2 Å². The number of nitro benzene ring substituents is 2. The van der Waals surface area contributed by atoms with Gasteiger partial charge < -0.3 is 28.4 Å². The van der Waals surface area contributed by atoms with Crippen molar-refractivity contribution in [2.75, 3.05) is 6.61 Å². The Hall–Kier alpha value is -7.22. The molecule has 12 nitrogen and oxygen atoms in total. The third kappa shape index (κ3) is 10.1. The molecule has 1 saturated heterocycles. The maximum absolute atomic E-state index is 11.7. The monoisotopic (exact) mass is 844 g/mol. The first-order chi connectivity index (χ1) is 30.9. The number of nitro groups is 2. The van der Waals surface area contributed by atoms with Gasteiger partial charge in [0.05, 0.1) is 29.7 Å². The fraction of sp³-hybridized carbons (Fsp3) is 0.176. The highest BCUT2D eigenvalue weighted by molar-refractivity contribution is 5.47. The summed E-state index contributed by atoms with van der Waals surface area (Å²) in [5.41, 5.74) is 3.01. The Kier molecular flexibility index (Phi) is 13.6. The highest BCUT2D eigenvalue weighted by atomic mass is 16.7. The molecular formula is C51H44N2O10. The molecule has 63 heavy (non-hydrogen) atoms. The van der Waals surface area contributed by atoms with Crippen molar-refractivity contribution in [3.63, 3.8) is 0 Å². The summed E-state index contributed by atoms with van der Waals surface area (Å²) in [5, 5.41) is 23.3. The zero-order valence-corrected chi connectivity index (χ0v) is 34.0. The van der Waals surface area contributed by atoms with Crippen molar-refractivity contribution in [2.24, 2.45) is 0 Å². The number of hydrogen-bond donors (Lipinski definition) is 0. The zero-order valence-electron chi connectivity index (χ0n) is 34.0. The Morgan fingerprint density at radius 2 is 0.841 bits per heavy atom. The lowest BCUT2D eigenvalue weighted by molar-refractivity contribution is -0.385. The van der Waals surface area contributed by atoms with Gasteiger partial charge in [0.25, 0.3) is 11.4 Å². The minimum Gasteiger partial charge on any atom is -0.485 e. The lowest BCUT2D eigenvalue weighted by atomic mass is 9.80. The summed E-state index contributed by atoms with van der Waals surface area (Å²) >= 11 is 0. The molecule has 1 aliphatic rings. The summed E-state index contributed by atoms with van der Waals surface area (Å²) in [6, 6.07) is 60.6. The van der Waals surface area contributed by atoms with Gasteiger partial charge in [-0.25, -0.2) is 0 Å². The minimum atomic E-state index is -1.17. The summed E-state index contributed by atoms with van der Waals surface area (Å²) in [6.45, 7) is 0.203. The fourth-order valence-electron chi connectivity index (χ4n) is 7.71. The number of hydrogen-bond acceptors (Lipinski definition) is 10. The van der Waals surface area contributed by atoms with E-state index in [2.05, 4.69) is 0 Å². The number of non-ortho nitro benzene ring substituents is 2. The SMILES string of the molecule is O=[N+]([O-])c1ccc(O[C@H]2O[C@H](COC(c3ccccc3)(c3ccccc3)c3ccccc3)[C@H](Oc3ccc([N+](=O)[O-])cc3)[C@H](OCc3ccccc3)[C@H]2OCc2ccccc2)cc1. The lowest BCUT2D eigenvalue weighted by Gasteiger charge is -2.46. The van der Waals surface area contributed by atoms with E-state index in [-0.39, 0.29) is 31.2 Å². The third-order valence-electron chi connectivity index (χ3n) is 10.8. The van der Waals surface area contributed by atoms with E-state index in [1.165, 1.54) is 48.5 Å². The predicted molar refractivity (Wildman–Crippen MR) is 235 cm³/mol. The fourth-order valence-corrected chi connectivity index (χ4v) is 7.71. The molecule has 1 aliphatic heterocycles. The summed E-state index contributed by atoms with van der Waals surface area (Å²) < 4.78 is 41.4. The molecule has 0 aliphatic carbocycles. The Balaban J connectivity index is 1.25. The van der Waals surface area contributed by atoms with Crippen LogP contribution in [0.1, 0.15) is 27.8 Å². The van der Waals surface area contributed by atoms with Gasteiger partial charge in [-0.1, -0.05) is 152 Å². The van der Waals surface area contributed by atoms with Crippen LogP contribution < -0.4 is 9.47 Å². The average Bonchev–Trinajstić information content (AvgIpc) is 3.33. The molecule has 5 atom stereocenters. The molecular weight excluding hydrogens is 801 g/mol. The Morgan fingerprint density at radius 1 is 0.460 bits per heavy atom. The normalized spacial score (nSPS) is 18.6. The molecule has 0 bridgehead atoms. The van der Waals surface area contributed by atoms with E-state index in [9.17, 15) is 20.2 Å². The van der Waals surface area contributed by atoms with Crippen molar-refractivity contribution in [3.05, 3.63) is 248 Å². The van der Waals surface area contributed by atoms with Crippen molar-refractivity contribution in [1.29, 1.82) is 0 Å². The lowest BCUT2D eigenvalue weighted by Crippen LogP contribution is -2.64. The van der Waals surface area contributed by atoms with Crippen molar-refractivity contribution >= 4 is 11.4 Å². The van der Waals surface area contributed by atoms with Crippen LogP contribution in [0.15, 0.2) is 200 Å². The van der Waals surface area contributed by atoms with Gasteiger partial charge in [-0.15, -0.1) is 0 Å². The first-order valence-corrected chi connectivity index (χ1v) is 20.5. The van der Waals surface area contributed by atoms with E-state index in [0.717, 1.165) is 27.8 Å². The first-order valence-electron chi connectivity index (χ1n) is 20.5. The van der Waals surface area contributed by atoms with Crippen LogP contribution in [-0.4, -0.2) is 47.2 Å². The van der Waals surface area contributed by atoms with Crippen LogP contribution in [0.2, 0.25) is 0 Å². The van der Waals surface area contributed by atoms with Crippen LogP contribution in [0.3, 0.4) is 0 Å². The highest BCUT2D eigenvalue weighted by Gasteiger charge is 2.52. The van der Waals surface area contributed by atoms with E-state index >= 15 is 0 Å². The smallest absolute Gasteiger partial charge is 0.269 e. The molecule has 1 heterocycles. The zero-order chi connectivity index (χ0) is 43.4. The second-order valence-corrected chi connectivity index (χ2v) is 14.9. The van der Waals surface area contributed by atoms with Gasteiger partial charge in [0.15, 0.2) is 6.10 Å². The molecule has 0 spiro atoms. The average molecular weight is 845 g/mol. The van der Waals surface area contributed by atoms with Crippen molar-refractivity contribution < 1.29 is 38.3 Å². The molecule has 7 aromatic carbocycles. The summed E-state index contributed by atoms with van der Waals surface area (Å²) in [4.78, 5) is 22.3. The van der Waals surface area contributed by atoms with Gasteiger partial charge in [0, 0.05) is 24.3 Å². The second-order valence-electron chi connectivity index (χ2n) is 14.9. The van der Waals surface area contributed by atoms with E-state index < -0.39 is 46.2 Å². The van der Waals surface area contributed by atoms with Gasteiger partial charge in [-0.2, -0.15) is 0 Å². The van der Waals surface area contributed by atoms with E-state index in [4.69, 9.17) is 28.4 Å². The van der Waals surface area contributed by atoms with Crippen molar-refractivity contribution in [2.45, 2.75) is 49.5 Å². The topological polar surface area (TPSA) is 142 Å². The van der Waals surface area contributed by atoms with Crippen LogP contribution in [0.4, 0.5) is 11.4 Å². The van der Waals surface area contributed by atoms with Gasteiger partial charge in [0.2, 0.25) is 6.29 Å². The van der Waals surface area contributed by atoms with Crippen LogP contribution in [0.5, 0.6) is 11.5 Å². The molecule has 0 radical (unpaired) electrons. The maximum Gasteiger partial charge on any atom is 0.269 e. The largest absolute Gasteiger partial charge is 0.485 e. The molecule has 1 fully saturated rings. The summed E-state index contributed by atoms with van der Waals surface area (Å²) in [5.74, 6) is 0.617. The Morgan fingerprint density at radius 3 is 1.25 bits per heavy atom. The third-order valence-corrected chi connectivity index (χ3v) is 10.8. The minimum absolute atomic E-state index is 0.0902. The second kappa shape index (κ2) is 20.1. The molecule has 12 heteroatoms. The molecule has 0 amide bonds. The van der Waals surface area contributed by atoms with Crippen LogP contribution in [-0.2, 0) is 37.8 Å². The van der Waals surface area contributed by atoms with Crippen LogP contribution in [0, 0.1) is 20.2 Å². The highest BCUT2D eigenvalue weighted by Crippen LogP contribution is 2.42. The summed E-state index contributed by atoms with van der Waals surface area (Å²) in [6.07, 6.45) is -4.97. The van der Waals surface area contributed by atoms with E-state index in [0.29, 0.717) is 11.5 Å². The number of benzene rings is 7. The first kappa shape index (κ1) is 42.5. The number of ether oxygens (including phenoxy) is 6. The van der Waals surface area contributed by atoms with Crippen molar-refractivity contribution in [3.8, 4) is 11.5 Å². The van der Waals surface area contributed by atoms with E-state index in [1.54, 1.807) is 0 Å². The molecule has 0 saturated carbocycles. The summed E-state index contributed by atoms with van der Waals surface area (Å²) in [7, 11) is 0. The van der Waals surface area contributed by atoms with Crippen LogP contribution >= 0.6 is 0 Å². The standard InChI is InChI=1S/C51H44N2O10/c54-52(55)42-26-30-44(31-27-42)61-47-46(36-60-51(39-20-10-3-11-21-39,40-22-12-4-13-23-40)41-24-14-5-15-25-41)63-50(62-45-32-28-43(29-33-45)53(56)57)49(59-35-38-18-8-2-9-19-38)48(47)58-34-37-16-6-1-7-17-37/h1-33,46-50H,34-36H2/t46-,47+,48+,49-,50+/m1/s1. The van der Waals surface area contributed by atoms with Crippen molar-refractivity contribution in [1.82, 2.24) is 0 Å². The molecule has 318 valence electrons. The molecule has 7 aromatic rings. The molecule has 0 aromatic heterocycles.